The number of furan rings is 1. The molecule has 0 unspecified atom stereocenters. The Morgan fingerprint density at radius 1 is 0.737 bits per heavy atom. The molecule has 0 N–H and O–H groups in total. The molecule has 1 nitrogen and oxygen atoms in total. The zero-order valence-corrected chi connectivity index (χ0v) is 14.0. The van der Waals surface area contributed by atoms with Crippen LogP contribution in [0.4, 0.5) is 0 Å². The van der Waals surface area contributed by atoms with Crippen LogP contribution in [0.3, 0.4) is 0 Å². The van der Waals surface area contributed by atoms with Crippen molar-refractivity contribution in [2.24, 2.45) is 0 Å². The Hall–Kier alpha value is -0.800. The Bertz CT molecular complexity index is 678. The first-order chi connectivity index (χ1) is 8.66. The summed E-state index contributed by atoms with van der Waals surface area (Å²) >= 11 is 3.76. The van der Waals surface area contributed by atoms with Gasteiger partial charge in [0.2, 0.25) is 0 Å². The molecule has 102 valence electrons. The Labute approximate surface area is 122 Å². The monoisotopic (exact) mass is 292 g/mol. The highest BCUT2D eigenvalue weighted by Gasteiger charge is 2.23. The van der Waals surface area contributed by atoms with Gasteiger partial charge in [0.15, 0.2) is 0 Å². The summed E-state index contributed by atoms with van der Waals surface area (Å²) in [6, 6.07) is 4.42. The van der Waals surface area contributed by atoms with Crippen molar-refractivity contribution in [3.05, 3.63) is 21.9 Å². The number of rotatable bonds is 0. The fraction of sp³-hybridized carbons (Fsp3) is 0.500. The Kier molecular flexibility index (Phi) is 2.68. The van der Waals surface area contributed by atoms with Crippen molar-refractivity contribution >= 4 is 43.2 Å². The molecule has 3 heteroatoms. The summed E-state index contributed by atoms with van der Waals surface area (Å²) in [5, 5.41) is 0. The van der Waals surface area contributed by atoms with E-state index in [9.17, 15) is 0 Å². The molecule has 19 heavy (non-hydrogen) atoms. The van der Waals surface area contributed by atoms with Gasteiger partial charge in [0.05, 0.1) is 9.40 Å². The average molecular weight is 292 g/mol. The van der Waals surface area contributed by atoms with Crippen LogP contribution in [-0.4, -0.2) is 0 Å². The third-order valence-corrected chi connectivity index (χ3v) is 6.55. The second-order valence-electron chi connectivity index (χ2n) is 7.21. The minimum Gasteiger partial charge on any atom is -0.454 e. The smallest absolute Gasteiger partial charge is 0.147 e. The number of fused-ring (bicyclic) bond motifs is 3. The van der Waals surface area contributed by atoms with E-state index >= 15 is 0 Å². The first-order valence-corrected chi connectivity index (χ1v) is 8.26. The van der Waals surface area contributed by atoms with E-state index in [4.69, 9.17) is 4.42 Å². The maximum atomic E-state index is 6.02. The zero-order valence-electron chi connectivity index (χ0n) is 12.4. The summed E-state index contributed by atoms with van der Waals surface area (Å²) in [7, 11) is 0. The van der Waals surface area contributed by atoms with E-state index in [-0.39, 0.29) is 10.8 Å². The van der Waals surface area contributed by atoms with Crippen LogP contribution < -0.4 is 0 Å². The SMILES string of the molecule is CC(C)(C)c1cc2oc3cc(C(C)(C)C)sc3c2s1. The molecule has 3 rings (SSSR count). The first-order valence-electron chi connectivity index (χ1n) is 6.63. The van der Waals surface area contributed by atoms with Gasteiger partial charge in [0.25, 0.3) is 0 Å². The summed E-state index contributed by atoms with van der Waals surface area (Å²) in [4.78, 5) is 2.79. The molecule has 0 amide bonds. The van der Waals surface area contributed by atoms with Gasteiger partial charge in [-0.15, -0.1) is 22.7 Å². The predicted molar refractivity (Wildman–Crippen MR) is 86.9 cm³/mol. The fourth-order valence-electron chi connectivity index (χ4n) is 2.07. The van der Waals surface area contributed by atoms with E-state index in [0.717, 1.165) is 11.2 Å². The van der Waals surface area contributed by atoms with Crippen molar-refractivity contribution in [3.8, 4) is 0 Å². The second kappa shape index (κ2) is 3.86. The number of thiophene rings is 2. The zero-order chi connectivity index (χ0) is 14.0. The Morgan fingerprint density at radius 2 is 1.11 bits per heavy atom. The van der Waals surface area contributed by atoms with Crippen molar-refractivity contribution in [1.82, 2.24) is 0 Å². The molecule has 3 aromatic heterocycles. The predicted octanol–water partition coefficient (Wildman–Crippen LogP) is 6.30. The van der Waals surface area contributed by atoms with Crippen LogP contribution in [0.25, 0.3) is 20.6 Å². The highest BCUT2D eigenvalue weighted by Crippen LogP contribution is 2.44. The van der Waals surface area contributed by atoms with E-state index in [0.29, 0.717) is 0 Å². The van der Waals surface area contributed by atoms with Crippen molar-refractivity contribution in [3.63, 3.8) is 0 Å². The third-order valence-electron chi connectivity index (χ3n) is 3.30. The molecular weight excluding hydrogens is 272 g/mol. The Morgan fingerprint density at radius 3 is 1.42 bits per heavy atom. The molecule has 0 aliphatic carbocycles. The summed E-state index contributed by atoms with van der Waals surface area (Å²) in [6.45, 7) is 13.5. The molecule has 0 aromatic carbocycles. The van der Waals surface area contributed by atoms with Crippen molar-refractivity contribution in [2.75, 3.05) is 0 Å². The van der Waals surface area contributed by atoms with Gasteiger partial charge in [-0.2, -0.15) is 0 Å². The lowest BCUT2D eigenvalue weighted by molar-refractivity contribution is 0.599. The lowest BCUT2D eigenvalue weighted by Gasteiger charge is -2.14. The second-order valence-corrected chi connectivity index (χ2v) is 9.31. The van der Waals surface area contributed by atoms with E-state index < -0.39 is 0 Å². The van der Waals surface area contributed by atoms with Crippen LogP contribution in [0.2, 0.25) is 0 Å². The summed E-state index contributed by atoms with van der Waals surface area (Å²) in [6.07, 6.45) is 0. The van der Waals surface area contributed by atoms with Crippen molar-refractivity contribution in [2.45, 2.75) is 52.4 Å². The highest BCUT2D eigenvalue weighted by atomic mass is 32.1. The largest absolute Gasteiger partial charge is 0.454 e. The maximum absolute atomic E-state index is 6.02. The molecule has 0 fully saturated rings. The van der Waals surface area contributed by atoms with E-state index in [1.807, 2.05) is 22.7 Å². The molecule has 3 heterocycles. The molecule has 0 spiro atoms. The molecule has 0 aliphatic heterocycles. The van der Waals surface area contributed by atoms with Crippen LogP contribution in [0.15, 0.2) is 16.5 Å². The van der Waals surface area contributed by atoms with Crippen LogP contribution in [-0.2, 0) is 10.8 Å². The van der Waals surface area contributed by atoms with E-state index in [1.54, 1.807) is 0 Å². The molecule has 3 aromatic rings. The lowest BCUT2D eigenvalue weighted by Crippen LogP contribution is -2.07. The fourth-order valence-corrected chi connectivity index (χ4v) is 4.50. The van der Waals surface area contributed by atoms with Gasteiger partial charge in [-0.05, 0) is 23.0 Å². The molecule has 0 saturated carbocycles. The van der Waals surface area contributed by atoms with Gasteiger partial charge in [-0.25, -0.2) is 0 Å². The third kappa shape index (κ3) is 2.13. The van der Waals surface area contributed by atoms with E-state index in [2.05, 4.69) is 53.7 Å². The van der Waals surface area contributed by atoms with Gasteiger partial charge in [-0.3, -0.25) is 0 Å². The average Bonchev–Trinajstić information content (AvgIpc) is 2.81. The Balaban J connectivity index is 2.22. The minimum absolute atomic E-state index is 0.197. The standard InChI is InChI=1S/C16H20OS2/c1-15(2,3)11-7-9-13(18-11)14-10(17-9)8-12(19-14)16(4,5)6/h7-8H,1-6H3. The molecule has 0 radical (unpaired) electrons. The van der Waals surface area contributed by atoms with Crippen molar-refractivity contribution < 1.29 is 4.42 Å². The maximum Gasteiger partial charge on any atom is 0.147 e. The van der Waals surface area contributed by atoms with Crippen molar-refractivity contribution in [1.29, 1.82) is 0 Å². The molecular formula is C16H20OS2. The van der Waals surface area contributed by atoms with Gasteiger partial charge < -0.3 is 4.42 Å². The number of hydrogen-bond acceptors (Lipinski definition) is 3. The summed E-state index contributed by atoms with van der Waals surface area (Å²) in [5.74, 6) is 0. The van der Waals surface area contributed by atoms with E-state index in [1.165, 1.54) is 19.2 Å². The normalized spacial score (nSPS) is 13.8. The number of hydrogen-bond donors (Lipinski definition) is 0. The molecule has 0 saturated heterocycles. The van der Waals surface area contributed by atoms with Gasteiger partial charge in [0.1, 0.15) is 11.2 Å². The highest BCUT2D eigenvalue weighted by molar-refractivity contribution is 7.27. The molecule has 0 aliphatic rings. The van der Waals surface area contributed by atoms with Crippen LogP contribution in [0.1, 0.15) is 51.3 Å². The van der Waals surface area contributed by atoms with Gasteiger partial charge in [-0.1, -0.05) is 41.5 Å². The molecule has 0 atom stereocenters. The van der Waals surface area contributed by atoms with Gasteiger partial charge in [0, 0.05) is 9.75 Å². The molecule has 0 bridgehead atoms. The summed E-state index contributed by atoms with van der Waals surface area (Å²) < 4.78 is 8.66. The topological polar surface area (TPSA) is 13.1 Å². The van der Waals surface area contributed by atoms with Crippen LogP contribution in [0, 0.1) is 0 Å². The van der Waals surface area contributed by atoms with Crippen LogP contribution >= 0.6 is 22.7 Å². The van der Waals surface area contributed by atoms with Crippen LogP contribution in [0.5, 0.6) is 0 Å². The quantitative estimate of drug-likeness (QED) is 0.473. The lowest BCUT2D eigenvalue weighted by atomic mass is 9.95. The van der Waals surface area contributed by atoms with Gasteiger partial charge >= 0.3 is 0 Å². The summed E-state index contributed by atoms with van der Waals surface area (Å²) in [5.41, 5.74) is 2.50. The first kappa shape index (κ1) is 13.2. The minimum atomic E-state index is 0.197.